The first kappa shape index (κ1) is 23.7. The number of amides is 1. The molecule has 182 valence electrons. The lowest BCUT2D eigenvalue weighted by molar-refractivity contribution is 0.0976. The Hall–Kier alpha value is -4.04. The van der Waals surface area contributed by atoms with Crippen LogP contribution in [0.5, 0.6) is 0 Å². The van der Waals surface area contributed by atoms with Gasteiger partial charge in [-0.1, -0.05) is 54.5 Å². The van der Waals surface area contributed by atoms with E-state index in [1.807, 2.05) is 45.0 Å². The molecule has 1 heterocycles. The van der Waals surface area contributed by atoms with Crippen LogP contribution < -0.4 is 4.90 Å². The quantitative estimate of drug-likeness (QED) is 0.368. The lowest BCUT2D eigenvalue weighted by Crippen LogP contribution is -2.49. The summed E-state index contributed by atoms with van der Waals surface area (Å²) < 4.78 is 5.85. The molecule has 5 rings (SSSR count). The number of ether oxygens (including phenoxy) is 1. The van der Waals surface area contributed by atoms with Gasteiger partial charge in [-0.3, -0.25) is 4.79 Å². The van der Waals surface area contributed by atoms with Gasteiger partial charge in [-0.2, -0.15) is 0 Å². The van der Waals surface area contributed by atoms with Crippen LogP contribution in [0.1, 0.15) is 49.7 Å². The Labute approximate surface area is 212 Å². The fourth-order valence-electron chi connectivity index (χ4n) is 5.89. The van der Waals surface area contributed by atoms with Crippen molar-refractivity contribution in [3.8, 4) is 23.5 Å². The molecule has 0 bridgehead atoms. The molecule has 0 aromatic heterocycles. The molecule has 2 aliphatic rings. The van der Waals surface area contributed by atoms with Crippen molar-refractivity contribution >= 4 is 18.1 Å². The van der Waals surface area contributed by atoms with Crippen LogP contribution in [0.3, 0.4) is 0 Å². The predicted octanol–water partition coefficient (Wildman–Crippen LogP) is 5.48. The van der Waals surface area contributed by atoms with Gasteiger partial charge < -0.3 is 14.5 Å². The summed E-state index contributed by atoms with van der Waals surface area (Å²) in [5.74, 6) is 2.81. The monoisotopic (exact) mass is 478 g/mol. The van der Waals surface area contributed by atoms with E-state index in [2.05, 4.69) is 35.1 Å². The van der Waals surface area contributed by atoms with Gasteiger partial charge in [-0.25, -0.2) is 4.79 Å². The van der Waals surface area contributed by atoms with Gasteiger partial charge in [0, 0.05) is 48.9 Å². The molecular formula is C31H30N2O3. The molecule has 5 nitrogen and oxygen atoms in total. The summed E-state index contributed by atoms with van der Waals surface area (Å²) in [5.41, 5.74) is 10.1. The lowest BCUT2D eigenvalue weighted by atomic mass is 9.91. The zero-order chi connectivity index (χ0) is 25.4. The predicted molar refractivity (Wildman–Crippen MR) is 143 cm³/mol. The van der Waals surface area contributed by atoms with E-state index in [-0.39, 0.29) is 12.0 Å². The third-order valence-corrected chi connectivity index (χ3v) is 7.72. The zero-order valence-electron chi connectivity index (χ0n) is 21.0. The van der Waals surface area contributed by atoms with Crippen LogP contribution in [-0.2, 0) is 4.74 Å². The number of fused-ring (bicyclic) bond motifs is 3. The van der Waals surface area contributed by atoms with E-state index in [4.69, 9.17) is 11.2 Å². The Bertz CT molecular complexity index is 1350. The zero-order valence-corrected chi connectivity index (χ0v) is 21.0. The van der Waals surface area contributed by atoms with E-state index < -0.39 is 0 Å². The highest BCUT2D eigenvalue weighted by Crippen LogP contribution is 2.44. The number of benzene rings is 3. The Morgan fingerprint density at radius 2 is 1.53 bits per heavy atom. The topological polar surface area (TPSA) is 49.9 Å². The van der Waals surface area contributed by atoms with Gasteiger partial charge in [-0.15, -0.1) is 6.42 Å². The largest absolute Gasteiger partial charge is 0.448 e. The van der Waals surface area contributed by atoms with Crippen LogP contribution in [0.4, 0.5) is 10.5 Å². The van der Waals surface area contributed by atoms with Crippen molar-refractivity contribution in [3.05, 3.63) is 87.5 Å². The summed E-state index contributed by atoms with van der Waals surface area (Å²) in [4.78, 5) is 28.8. The average Bonchev–Trinajstić information content (AvgIpc) is 3.22. The molecule has 1 aliphatic carbocycles. The second-order valence-corrected chi connectivity index (χ2v) is 9.55. The first-order chi connectivity index (χ1) is 17.5. The Morgan fingerprint density at radius 3 is 2.08 bits per heavy atom. The number of carbonyl (C=O) groups is 2. The average molecular weight is 479 g/mol. The third kappa shape index (κ3) is 3.83. The Morgan fingerprint density at radius 1 is 0.944 bits per heavy atom. The number of terminal acetylenes is 1. The van der Waals surface area contributed by atoms with Gasteiger partial charge in [-0.05, 0) is 59.7 Å². The number of hydrogen-bond acceptors (Lipinski definition) is 4. The Balaban J connectivity index is 1.27. The molecular weight excluding hydrogens is 448 g/mol. The van der Waals surface area contributed by atoms with Crippen molar-refractivity contribution in [2.75, 3.05) is 37.7 Å². The van der Waals surface area contributed by atoms with Gasteiger partial charge in [0.1, 0.15) is 6.61 Å². The summed E-state index contributed by atoms with van der Waals surface area (Å²) >= 11 is 0. The van der Waals surface area contributed by atoms with Crippen LogP contribution in [0.15, 0.2) is 48.5 Å². The molecule has 36 heavy (non-hydrogen) atoms. The normalized spacial score (nSPS) is 14.7. The molecule has 1 fully saturated rings. The number of rotatable bonds is 4. The van der Waals surface area contributed by atoms with Crippen LogP contribution in [0, 0.1) is 33.1 Å². The molecule has 0 N–H and O–H groups in total. The fourth-order valence-corrected chi connectivity index (χ4v) is 5.89. The van der Waals surface area contributed by atoms with Crippen LogP contribution in [-0.4, -0.2) is 50.1 Å². The van der Waals surface area contributed by atoms with Crippen LogP contribution in [0.2, 0.25) is 0 Å². The second-order valence-electron chi connectivity index (χ2n) is 9.55. The van der Waals surface area contributed by atoms with Gasteiger partial charge in [0.25, 0.3) is 0 Å². The van der Waals surface area contributed by atoms with Crippen molar-refractivity contribution in [1.29, 1.82) is 0 Å². The molecule has 3 aromatic rings. The van der Waals surface area contributed by atoms with Crippen molar-refractivity contribution in [1.82, 2.24) is 4.90 Å². The van der Waals surface area contributed by atoms with Gasteiger partial charge in [0.05, 0.1) is 0 Å². The van der Waals surface area contributed by atoms with Crippen molar-refractivity contribution in [2.45, 2.75) is 26.7 Å². The number of anilines is 1. The maximum atomic E-state index is 13.0. The highest BCUT2D eigenvalue weighted by molar-refractivity contribution is 5.86. The maximum absolute atomic E-state index is 13.0. The Kier molecular flexibility index (Phi) is 6.28. The standard InChI is InChI=1S/C31H30N2O3/c1-5-23-20(2)28(18-34)22(4)30(21(23)3)32-14-16-33(17-15-32)31(35)36-19-29-26-12-8-6-10-24(26)25-11-7-9-13-27(25)29/h1,6-13,18,29H,14-17,19H2,2-4H3. The van der Waals surface area contributed by atoms with Gasteiger partial charge in [0.2, 0.25) is 0 Å². The molecule has 3 aromatic carbocycles. The molecule has 0 saturated carbocycles. The number of aldehydes is 1. The summed E-state index contributed by atoms with van der Waals surface area (Å²) in [5, 5.41) is 0. The number of nitrogens with zero attached hydrogens (tertiary/aromatic N) is 2. The first-order valence-electron chi connectivity index (χ1n) is 12.4. The lowest BCUT2D eigenvalue weighted by Gasteiger charge is -2.37. The van der Waals surface area contributed by atoms with Crippen LogP contribution in [0.25, 0.3) is 11.1 Å². The SMILES string of the molecule is C#Cc1c(C)c(C=O)c(C)c(N2CCN(C(=O)OCC3c4ccccc4-c4ccccc43)CC2)c1C. The molecule has 1 saturated heterocycles. The summed E-state index contributed by atoms with van der Waals surface area (Å²) in [6.07, 6.45) is 6.38. The number of hydrogen-bond donors (Lipinski definition) is 0. The molecule has 0 unspecified atom stereocenters. The summed E-state index contributed by atoms with van der Waals surface area (Å²) in [6, 6.07) is 16.7. The van der Waals surface area contributed by atoms with E-state index in [0.29, 0.717) is 38.3 Å². The summed E-state index contributed by atoms with van der Waals surface area (Å²) in [6.45, 7) is 8.59. The minimum atomic E-state index is -0.285. The first-order valence-corrected chi connectivity index (χ1v) is 12.4. The minimum absolute atomic E-state index is 0.0458. The second kappa shape index (κ2) is 9.54. The summed E-state index contributed by atoms with van der Waals surface area (Å²) in [7, 11) is 0. The molecule has 5 heteroatoms. The smallest absolute Gasteiger partial charge is 0.409 e. The number of piperazine rings is 1. The van der Waals surface area contributed by atoms with E-state index >= 15 is 0 Å². The molecule has 0 atom stereocenters. The third-order valence-electron chi connectivity index (χ3n) is 7.72. The highest BCUT2D eigenvalue weighted by atomic mass is 16.6. The van der Waals surface area contributed by atoms with E-state index in [9.17, 15) is 9.59 Å². The molecule has 0 spiro atoms. The van der Waals surface area contributed by atoms with Crippen molar-refractivity contribution < 1.29 is 14.3 Å². The minimum Gasteiger partial charge on any atom is -0.448 e. The molecule has 1 amide bonds. The number of carbonyl (C=O) groups excluding carboxylic acids is 2. The molecule has 1 aliphatic heterocycles. The van der Waals surface area contributed by atoms with Gasteiger partial charge in [0.15, 0.2) is 6.29 Å². The van der Waals surface area contributed by atoms with E-state index in [0.717, 1.165) is 34.2 Å². The highest BCUT2D eigenvalue weighted by Gasteiger charge is 2.31. The van der Waals surface area contributed by atoms with Crippen molar-refractivity contribution in [3.63, 3.8) is 0 Å². The molecule has 0 radical (unpaired) electrons. The van der Waals surface area contributed by atoms with Gasteiger partial charge >= 0.3 is 6.09 Å². The van der Waals surface area contributed by atoms with E-state index in [1.165, 1.54) is 22.3 Å². The van der Waals surface area contributed by atoms with E-state index in [1.54, 1.807) is 4.90 Å². The van der Waals surface area contributed by atoms with Crippen LogP contribution >= 0.6 is 0 Å². The van der Waals surface area contributed by atoms with Crippen molar-refractivity contribution in [2.24, 2.45) is 0 Å². The maximum Gasteiger partial charge on any atom is 0.409 e. The fraction of sp³-hybridized carbons (Fsp3) is 0.290.